The molecule has 10 rings (SSSR count). The number of hydrogen-bond donors (Lipinski definition) is 4. The number of carbonyl (C=O) groups excluding carboxylic acids is 3. The van der Waals surface area contributed by atoms with Crippen molar-refractivity contribution in [3.63, 3.8) is 0 Å². The summed E-state index contributed by atoms with van der Waals surface area (Å²) in [6.07, 6.45) is 3.12. The number of nitrogens with zero attached hydrogens (tertiary/aromatic N) is 8. The number of carbonyl (C=O) groups is 3. The number of aliphatic hydroxyl groups excluding tert-OH is 1. The van der Waals surface area contributed by atoms with E-state index in [1.807, 2.05) is 93.6 Å². The second kappa shape index (κ2) is 23.1. The molecule has 0 radical (unpaired) electrons. The van der Waals surface area contributed by atoms with Crippen LogP contribution in [0.2, 0.25) is 0 Å². The number of nitrogens with two attached hydrogens (primary N) is 1. The molecule has 4 aliphatic heterocycles. The van der Waals surface area contributed by atoms with Crippen LogP contribution in [0.3, 0.4) is 0 Å². The van der Waals surface area contributed by atoms with Crippen molar-refractivity contribution in [3.8, 4) is 45.2 Å². The molecule has 0 aliphatic carbocycles. The maximum atomic E-state index is 14.2. The first-order valence-electron chi connectivity index (χ1n) is 25.8. The molecule has 76 heavy (non-hydrogen) atoms. The maximum Gasteiger partial charge on any atom is 0.255 e. The lowest BCUT2D eigenvalue weighted by Crippen LogP contribution is -2.55. The number of phenolic OH excluding ortho intramolecular Hbond substituents is 1. The number of pyridine rings is 1. The summed E-state index contributed by atoms with van der Waals surface area (Å²) in [4.78, 5) is 59.0. The molecule has 2 bridgehead atoms. The fraction of sp³-hybridized carbons (Fsp3) is 0.386. The fourth-order valence-corrected chi connectivity index (χ4v) is 11.7. The molecule has 0 saturated carbocycles. The second-order valence-electron chi connectivity index (χ2n) is 19.9. The SMILES string of the molecule is CC(C)[C@H](C(=O)N1C[C@H](O)C[C@H]1C(=O)N[C@@H](C)c1ccc(-c2scnc2C#CCOCCOCCOc2cc(N3C4CCC3CN(c3cc(-c5ccccc5O)nnc3N)C4)ccn2)cc1)N1Cc2ccccc2C1=O. The summed E-state index contributed by atoms with van der Waals surface area (Å²) in [7, 11) is 0. The van der Waals surface area contributed by atoms with Crippen molar-refractivity contribution in [3.05, 3.63) is 125 Å². The molecule has 6 atom stereocenters. The summed E-state index contributed by atoms with van der Waals surface area (Å²) >= 11 is 1.48. The highest BCUT2D eigenvalue weighted by molar-refractivity contribution is 7.13. The number of aliphatic hydroxyl groups is 1. The van der Waals surface area contributed by atoms with Gasteiger partial charge in [0.1, 0.15) is 36.7 Å². The van der Waals surface area contributed by atoms with E-state index in [0.29, 0.717) is 67.2 Å². The predicted octanol–water partition coefficient (Wildman–Crippen LogP) is 6.09. The van der Waals surface area contributed by atoms with Gasteiger partial charge in [-0.05, 0) is 78.6 Å². The smallest absolute Gasteiger partial charge is 0.255 e. The van der Waals surface area contributed by atoms with Gasteiger partial charge in [-0.2, -0.15) is 0 Å². The van der Waals surface area contributed by atoms with Crippen LogP contribution in [0.4, 0.5) is 17.2 Å². The molecule has 18 nitrogen and oxygen atoms in total. The number of likely N-dealkylation sites (tertiary alicyclic amines) is 1. The minimum atomic E-state index is -0.877. The quantitative estimate of drug-likeness (QED) is 0.0565. The predicted molar refractivity (Wildman–Crippen MR) is 288 cm³/mol. The second-order valence-corrected chi connectivity index (χ2v) is 20.8. The number of aromatic hydroxyl groups is 1. The van der Waals surface area contributed by atoms with E-state index in [1.54, 1.807) is 34.8 Å². The van der Waals surface area contributed by atoms with Gasteiger partial charge in [-0.15, -0.1) is 21.5 Å². The lowest BCUT2D eigenvalue weighted by molar-refractivity contribution is -0.143. The van der Waals surface area contributed by atoms with E-state index in [4.69, 9.17) is 19.9 Å². The molecule has 3 fully saturated rings. The van der Waals surface area contributed by atoms with E-state index < -0.39 is 24.2 Å². The number of β-amino-alcohol motifs (C(OH)–C–C–N with tert-alkyl or cyclic N) is 1. The molecule has 4 aliphatic rings. The minimum Gasteiger partial charge on any atom is -0.507 e. The Hall–Kier alpha value is -7.63. The molecule has 3 amide bonds. The molecule has 0 spiro atoms. The van der Waals surface area contributed by atoms with E-state index in [-0.39, 0.29) is 61.0 Å². The third-order valence-electron chi connectivity index (χ3n) is 14.6. The first-order valence-corrected chi connectivity index (χ1v) is 26.7. The molecule has 394 valence electrons. The van der Waals surface area contributed by atoms with Crippen molar-refractivity contribution in [2.45, 2.75) is 82.9 Å². The Labute approximate surface area is 445 Å². The number of phenols is 1. The summed E-state index contributed by atoms with van der Waals surface area (Å²) in [5, 5.41) is 32.7. The number of anilines is 3. The average molecular weight is 1050 g/mol. The Bertz CT molecular complexity index is 3110. The number of para-hydroxylation sites is 1. The number of thiazole rings is 1. The lowest BCUT2D eigenvalue weighted by Gasteiger charge is -2.43. The Kier molecular flexibility index (Phi) is 15.7. The van der Waals surface area contributed by atoms with Crippen LogP contribution in [0.5, 0.6) is 11.6 Å². The van der Waals surface area contributed by atoms with Crippen LogP contribution < -0.4 is 25.6 Å². The number of nitrogen functional groups attached to an aromatic ring is 1. The van der Waals surface area contributed by atoms with Crippen molar-refractivity contribution in [1.29, 1.82) is 0 Å². The van der Waals surface area contributed by atoms with Crippen LogP contribution in [0.1, 0.15) is 73.3 Å². The van der Waals surface area contributed by atoms with Crippen molar-refractivity contribution in [2.24, 2.45) is 5.92 Å². The molecular weight excluding hydrogens is 985 g/mol. The molecule has 3 saturated heterocycles. The van der Waals surface area contributed by atoms with E-state index >= 15 is 0 Å². The van der Waals surface area contributed by atoms with Crippen LogP contribution in [-0.4, -0.2) is 141 Å². The van der Waals surface area contributed by atoms with Gasteiger partial charge in [0.15, 0.2) is 5.82 Å². The van der Waals surface area contributed by atoms with Gasteiger partial charge < -0.3 is 55.1 Å². The monoisotopic (exact) mass is 1050 g/mol. The van der Waals surface area contributed by atoms with Gasteiger partial charge in [0, 0.05) is 73.8 Å². The van der Waals surface area contributed by atoms with Gasteiger partial charge in [0.05, 0.1) is 53.7 Å². The zero-order chi connectivity index (χ0) is 52.9. The van der Waals surface area contributed by atoms with Crippen LogP contribution >= 0.6 is 11.3 Å². The van der Waals surface area contributed by atoms with Crippen LogP contribution in [0.15, 0.2) is 103 Å². The molecule has 5 N–H and O–H groups in total. The van der Waals surface area contributed by atoms with E-state index in [2.05, 4.69) is 47.1 Å². The number of aromatic nitrogens is 4. The molecule has 7 heterocycles. The fourth-order valence-electron chi connectivity index (χ4n) is 10.9. The zero-order valence-electron chi connectivity index (χ0n) is 42.7. The number of amides is 3. The summed E-state index contributed by atoms with van der Waals surface area (Å²) in [6, 6.07) is 26.7. The standard InChI is InChI=1S/C57H62N10O8S/c1-35(2)52(66-30-39-9-4-5-10-44(39)56(66)71)57(72)65-33-43(68)28-49(65)55(70)61-36(3)37-14-16-38(17-15-37)53-46(60-34-76-53)12-8-22-73-23-24-74-25-26-75-51-27-40(20-21-59-51)67-41-18-19-42(67)32-64(31-41)48-29-47(62-63-54(48)58)45-11-6-7-13-50(45)69/h4-7,9-11,13-17,20-21,27,29,34-36,41-43,49,52,68-69H,18-19,22-26,28,30-33H2,1-3H3,(H2,58,63)(H,61,70)/t36-,41?,42?,43+,49-,52+/m0/s1. The highest BCUT2D eigenvalue weighted by atomic mass is 32.1. The van der Waals surface area contributed by atoms with Gasteiger partial charge in [-0.1, -0.05) is 74.4 Å². The molecule has 3 aromatic heterocycles. The number of nitrogens with one attached hydrogen (secondary N) is 1. The Morgan fingerprint density at radius 1 is 0.882 bits per heavy atom. The molecule has 19 heteroatoms. The number of hydrogen-bond acceptors (Lipinski definition) is 16. The minimum absolute atomic E-state index is 0.0180. The molecule has 6 aromatic rings. The Morgan fingerprint density at radius 2 is 1.62 bits per heavy atom. The van der Waals surface area contributed by atoms with Gasteiger partial charge in [0.2, 0.25) is 17.7 Å². The third kappa shape index (κ3) is 11.2. The van der Waals surface area contributed by atoms with E-state index in [1.165, 1.54) is 16.2 Å². The number of ether oxygens (including phenoxy) is 3. The first-order chi connectivity index (χ1) is 36.9. The number of piperazine rings is 1. The van der Waals surface area contributed by atoms with E-state index in [9.17, 15) is 24.6 Å². The summed E-state index contributed by atoms with van der Waals surface area (Å²) < 4.78 is 17.5. The van der Waals surface area contributed by atoms with Crippen molar-refractivity contribution in [1.82, 2.24) is 35.3 Å². The lowest BCUT2D eigenvalue weighted by atomic mass is 10.00. The van der Waals surface area contributed by atoms with Crippen LogP contribution in [0.25, 0.3) is 21.7 Å². The van der Waals surface area contributed by atoms with Crippen LogP contribution in [-0.2, 0) is 25.6 Å². The maximum absolute atomic E-state index is 14.2. The van der Waals surface area contributed by atoms with Gasteiger partial charge in [-0.25, -0.2) is 9.97 Å². The van der Waals surface area contributed by atoms with Gasteiger partial charge >= 0.3 is 0 Å². The number of benzene rings is 3. The van der Waals surface area contributed by atoms with Crippen molar-refractivity contribution >= 4 is 46.3 Å². The molecule has 3 aromatic carbocycles. The normalized spacial score (nSPS) is 19.6. The van der Waals surface area contributed by atoms with Crippen LogP contribution in [0, 0.1) is 17.8 Å². The Morgan fingerprint density at radius 3 is 2.38 bits per heavy atom. The number of fused-ring (bicyclic) bond motifs is 3. The average Bonchev–Trinajstić information content (AvgIpc) is 4.21. The highest BCUT2D eigenvalue weighted by Crippen LogP contribution is 2.40. The highest BCUT2D eigenvalue weighted by Gasteiger charge is 2.46. The van der Waals surface area contributed by atoms with Crippen molar-refractivity contribution in [2.75, 3.05) is 68.2 Å². The first kappa shape index (κ1) is 51.8. The zero-order valence-corrected chi connectivity index (χ0v) is 43.6. The summed E-state index contributed by atoms with van der Waals surface area (Å²) in [5.41, 5.74) is 15.1. The third-order valence-corrected chi connectivity index (χ3v) is 15.5. The van der Waals surface area contributed by atoms with Gasteiger partial charge in [0.25, 0.3) is 5.91 Å². The largest absolute Gasteiger partial charge is 0.507 e. The van der Waals surface area contributed by atoms with E-state index in [0.717, 1.165) is 58.9 Å². The summed E-state index contributed by atoms with van der Waals surface area (Å²) in [6.45, 7) is 9.17. The molecular formula is C57H62N10O8S. The van der Waals surface area contributed by atoms with Gasteiger partial charge in [-0.3, -0.25) is 14.4 Å². The summed E-state index contributed by atoms with van der Waals surface area (Å²) in [5.74, 6) is 6.12. The topological polar surface area (TPSA) is 222 Å². The molecule has 2 unspecified atom stereocenters. The Balaban J connectivity index is 0.645. The van der Waals surface area contributed by atoms with Crippen molar-refractivity contribution < 1.29 is 38.8 Å². The number of rotatable bonds is 18.